The van der Waals surface area contributed by atoms with Crippen molar-refractivity contribution in [3.05, 3.63) is 46.3 Å². The second-order valence-electron chi connectivity index (χ2n) is 6.60. The van der Waals surface area contributed by atoms with Gasteiger partial charge in [0.2, 0.25) is 5.69 Å². The van der Waals surface area contributed by atoms with Gasteiger partial charge < -0.3 is 9.64 Å². The van der Waals surface area contributed by atoms with E-state index in [1.165, 1.54) is 4.90 Å². The Morgan fingerprint density at radius 1 is 1.36 bits per heavy atom. The van der Waals surface area contributed by atoms with Crippen molar-refractivity contribution < 1.29 is 23.9 Å². The maximum Gasteiger partial charge on any atom is 0.363 e. The van der Waals surface area contributed by atoms with E-state index in [1.807, 2.05) is 28.8 Å². The molecule has 1 aliphatic rings. The first-order valence-corrected chi connectivity index (χ1v) is 9.04. The summed E-state index contributed by atoms with van der Waals surface area (Å²) < 4.78 is 7.38. The number of nitro groups is 1. The number of hydrogen-bond donors (Lipinski definition) is 4. The number of nitrogens with zero attached hydrogens (tertiary/aromatic N) is 3. The number of amides is 1. The zero-order valence-electron chi connectivity index (χ0n) is 15.1. The Bertz CT molecular complexity index is 1010. The molecule has 1 fully saturated rings. The second-order valence-corrected chi connectivity index (χ2v) is 6.60. The van der Waals surface area contributed by atoms with E-state index in [2.05, 4.69) is 20.5 Å². The van der Waals surface area contributed by atoms with Crippen LogP contribution < -0.4 is 14.8 Å². The third-order valence-electron chi connectivity index (χ3n) is 4.88. The lowest BCUT2D eigenvalue weighted by atomic mass is 10.3. The van der Waals surface area contributed by atoms with Crippen LogP contribution in [0.2, 0.25) is 0 Å². The number of para-hydroxylation sites is 2. The molecule has 3 aromatic rings. The quantitative estimate of drug-likeness (QED) is 0.251. The predicted octanol–water partition coefficient (Wildman–Crippen LogP) is -0.746. The van der Waals surface area contributed by atoms with Crippen LogP contribution in [-0.2, 0) is 11.3 Å². The summed E-state index contributed by atoms with van der Waals surface area (Å²) in [4.78, 5) is 27.6. The zero-order valence-corrected chi connectivity index (χ0v) is 15.1. The number of benzene rings is 1. The molecule has 2 aromatic heterocycles. The maximum absolute atomic E-state index is 12.6. The smallest absolute Gasteiger partial charge is 0.363 e. The molecule has 0 saturated carbocycles. The fourth-order valence-corrected chi connectivity index (χ4v) is 3.40. The summed E-state index contributed by atoms with van der Waals surface area (Å²) in [6, 6.07) is 7.72. The number of ether oxygens (including phenoxy) is 1. The van der Waals surface area contributed by atoms with Crippen LogP contribution in [0.3, 0.4) is 0 Å². The van der Waals surface area contributed by atoms with Crippen molar-refractivity contribution in [3.8, 4) is 0 Å². The fraction of sp³-hybridized carbons (Fsp3) is 0.353. The van der Waals surface area contributed by atoms with Gasteiger partial charge in [0.15, 0.2) is 0 Å². The lowest BCUT2D eigenvalue weighted by molar-refractivity contribution is -0.923. The minimum absolute atomic E-state index is 0.186. The minimum atomic E-state index is -0.639. The number of carbonyl (C=O) groups excluding carboxylic acids is 1. The summed E-state index contributed by atoms with van der Waals surface area (Å²) in [7, 11) is 0. The van der Waals surface area contributed by atoms with E-state index >= 15 is 0 Å². The highest BCUT2D eigenvalue weighted by molar-refractivity contribution is 6.04. The monoisotopic (exact) mass is 387 g/mol. The Morgan fingerprint density at radius 3 is 2.93 bits per heavy atom. The molecule has 28 heavy (non-hydrogen) atoms. The molecule has 0 atom stereocenters. The summed E-state index contributed by atoms with van der Waals surface area (Å²) in [5.41, 5.74) is 1.27. The third kappa shape index (κ3) is 3.57. The Kier molecular flexibility index (Phi) is 5.00. The van der Waals surface area contributed by atoms with Crippen molar-refractivity contribution >= 4 is 28.6 Å². The van der Waals surface area contributed by atoms with Gasteiger partial charge >= 0.3 is 17.5 Å². The molecule has 0 spiro atoms. The van der Waals surface area contributed by atoms with E-state index in [0.717, 1.165) is 50.1 Å². The summed E-state index contributed by atoms with van der Waals surface area (Å²) in [6.07, 6.45) is 1.02. The number of H-pyrrole nitrogens is 2. The number of nitrogens with one attached hydrogen (secondary N) is 4. The standard InChI is InChI=1S/C17H19N7O4/c25-16(15-14(24(26)27)11-18-21-15)20-17-19-12-3-1-2-4-13(12)23(17)6-5-22-7-9-28-10-8-22/h1-4,11H,5-10H2,(H2,18,19,20,21,25)/p+2. The van der Waals surface area contributed by atoms with Crippen LogP contribution >= 0.6 is 0 Å². The van der Waals surface area contributed by atoms with Gasteiger partial charge in [0, 0.05) is 0 Å². The van der Waals surface area contributed by atoms with Crippen LogP contribution in [0.4, 0.5) is 11.6 Å². The van der Waals surface area contributed by atoms with Crippen molar-refractivity contribution in [2.45, 2.75) is 6.54 Å². The Labute approximate surface area is 159 Å². The van der Waals surface area contributed by atoms with Gasteiger partial charge in [-0.2, -0.15) is 5.10 Å². The van der Waals surface area contributed by atoms with Crippen LogP contribution in [0.25, 0.3) is 11.0 Å². The predicted molar refractivity (Wildman–Crippen MR) is 98.1 cm³/mol. The first kappa shape index (κ1) is 18.1. The van der Waals surface area contributed by atoms with E-state index in [0.29, 0.717) is 12.5 Å². The number of aromatic amines is 2. The molecule has 0 aliphatic carbocycles. The zero-order chi connectivity index (χ0) is 19.5. The molecule has 11 heteroatoms. The number of quaternary nitrogens is 1. The Hall–Kier alpha value is -3.31. The molecule has 0 bridgehead atoms. The molecular formula is C17H21N7O4+2. The van der Waals surface area contributed by atoms with E-state index in [9.17, 15) is 14.9 Å². The number of fused-ring (bicyclic) bond motifs is 1. The lowest BCUT2D eigenvalue weighted by Crippen LogP contribution is -3.14. The van der Waals surface area contributed by atoms with Crippen LogP contribution in [0.5, 0.6) is 0 Å². The number of morpholine rings is 1. The van der Waals surface area contributed by atoms with E-state index < -0.39 is 10.8 Å². The van der Waals surface area contributed by atoms with Gasteiger partial charge in [-0.3, -0.25) is 15.2 Å². The molecule has 11 nitrogen and oxygen atoms in total. The SMILES string of the molecule is O=C(Nc1[nH]c2ccccc2[n+]1CC[NH+]1CCOCC1)c1[nH]ncc1[N+](=O)[O-]. The van der Waals surface area contributed by atoms with Crippen molar-refractivity contribution in [1.29, 1.82) is 0 Å². The van der Waals surface area contributed by atoms with Crippen LogP contribution in [0.15, 0.2) is 30.5 Å². The van der Waals surface area contributed by atoms with Gasteiger partial charge in [-0.15, -0.1) is 0 Å². The molecule has 4 N–H and O–H groups in total. The topological polar surface area (TPSA) is 134 Å². The summed E-state index contributed by atoms with van der Waals surface area (Å²) in [5.74, 6) is -0.147. The third-order valence-corrected chi connectivity index (χ3v) is 4.88. The molecule has 1 aliphatic heterocycles. The number of carbonyl (C=O) groups is 1. The van der Waals surface area contributed by atoms with Crippen molar-refractivity contribution in [2.24, 2.45) is 0 Å². The van der Waals surface area contributed by atoms with Crippen molar-refractivity contribution in [1.82, 2.24) is 15.2 Å². The first-order valence-electron chi connectivity index (χ1n) is 9.04. The molecule has 0 unspecified atom stereocenters. The van der Waals surface area contributed by atoms with Gasteiger partial charge in [-0.05, 0) is 12.1 Å². The number of rotatable bonds is 6. The molecule has 1 aromatic carbocycles. The number of hydrogen-bond acceptors (Lipinski definition) is 5. The average molecular weight is 387 g/mol. The number of aromatic nitrogens is 4. The Balaban J connectivity index is 1.59. The summed E-state index contributed by atoms with van der Waals surface area (Å²) in [6.45, 7) is 4.96. The average Bonchev–Trinajstić information content (AvgIpc) is 3.32. The molecule has 1 saturated heterocycles. The van der Waals surface area contributed by atoms with Crippen LogP contribution in [0, 0.1) is 10.1 Å². The lowest BCUT2D eigenvalue weighted by Gasteiger charge is -2.23. The maximum atomic E-state index is 12.6. The molecular weight excluding hydrogens is 366 g/mol. The minimum Gasteiger partial charge on any atom is -0.370 e. The highest BCUT2D eigenvalue weighted by Gasteiger charge is 2.28. The van der Waals surface area contributed by atoms with Gasteiger partial charge in [-0.1, -0.05) is 12.1 Å². The van der Waals surface area contributed by atoms with E-state index in [-0.39, 0.29) is 11.4 Å². The van der Waals surface area contributed by atoms with Crippen LogP contribution in [-0.4, -0.2) is 58.9 Å². The Morgan fingerprint density at radius 2 is 2.14 bits per heavy atom. The molecule has 0 radical (unpaired) electrons. The van der Waals surface area contributed by atoms with Gasteiger partial charge in [0.1, 0.15) is 43.4 Å². The highest BCUT2D eigenvalue weighted by Crippen LogP contribution is 2.17. The molecule has 3 heterocycles. The first-order chi connectivity index (χ1) is 13.6. The molecule has 4 rings (SSSR count). The summed E-state index contributed by atoms with van der Waals surface area (Å²) >= 11 is 0. The van der Waals surface area contributed by atoms with E-state index in [4.69, 9.17) is 4.74 Å². The number of imidazole rings is 1. The fourth-order valence-electron chi connectivity index (χ4n) is 3.40. The van der Waals surface area contributed by atoms with Gasteiger partial charge in [-0.25, -0.2) is 19.7 Å². The molecule has 146 valence electrons. The van der Waals surface area contributed by atoms with E-state index in [1.54, 1.807) is 0 Å². The van der Waals surface area contributed by atoms with Crippen LogP contribution in [0.1, 0.15) is 10.5 Å². The summed E-state index contributed by atoms with van der Waals surface area (Å²) in [5, 5.41) is 19.8. The number of anilines is 1. The van der Waals surface area contributed by atoms with Crippen molar-refractivity contribution in [2.75, 3.05) is 38.2 Å². The molecule has 1 amide bonds. The second kappa shape index (κ2) is 7.74. The largest absolute Gasteiger partial charge is 0.370 e. The van der Waals surface area contributed by atoms with Gasteiger partial charge in [0.25, 0.3) is 0 Å². The normalized spacial score (nSPS) is 15.0. The van der Waals surface area contributed by atoms with Gasteiger partial charge in [0.05, 0.1) is 18.1 Å². The highest BCUT2D eigenvalue weighted by atomic mass is 16.6. The van der Waals surface area contributed by atoms with Crippen molar-refractivity contribution in [3.63, 3.8) is 0 Å².